The molecule has 0 radical (unpaired) electrons. The normalized spacial score (nSPS) is 11.2. The van der Waals surface area contributed by atoms with Crippen LogP contribution in [0.1, 0.15) is 15.9 Å². The first kappa shape index (κ1) is 14.4. The van der Waals surface area contributed by atoms with Crippen LogP contribution in [0.3, 0.4) is 0 Å². The lowest BCUT2D eigenvalue weighted by Crippen LogP contribution is -2.12. The Labute approximate surface area is 129 Å². The van der Waals surface area contributed by atoms with Gasteiger partial charge in [-0.3, -0.25) is 4.79 Å². The monoisotopic (exact) mass is 293 g/mol. The van der Waals surface area contributed by atoms with E-state index in [1.165, 1.54) is 0 Å². The molecule has 0 bridgehead atoms. The zero-order chi connectivity index (χ0) is 15.7. The van der Waals surface area contributed by atoms with Gasteiger partial charge >= 0.3 is 0 Å². The summed E-state index contributed by atoms with van der Waals surface area (Å²) in [7, 11) is 4.05. The number of hydrogen-bond acceptors (Lipinski definition) is 2. The topological polar surface area (TPSA) is 62.1 Å². The second kappa shape index (κ2) is 5.66. The van der Waals surface area contributed by atoms with Crippen LogP contribution < -0.4 is 5.73 Å². The van der Waals surface area contributed by atoms with Gasteiger partial charge in [-0.25, -0.2) is 0 Å². The van der Waals surface area contributed by atoms with Crippen molar-refractivity contribution >= 4 is 16.8 Å². The first-order valence-corrected chi connectivity index (χ1v) is 7.20. The van der Waals surface area contributed by atoms with Gasteiger partial charge in [0.2, 0.25) is 0 Å². The molecule has 22 heavy (non-hydrogen) atoms. The maximum atomic E-state index is 11.8. The Morgan fingerprint density at radius 3 is 2.50 bits per heavy atom. The molecular weight excluding hydrogens is 274 g/mol. The summed E-state index contributed by atoms with van der Waals surface area (Å²) in [5, 5.41) is 1.05. The average molecular weight is 293 g/mol. The van der Waals surface area contributed by atoms with E-state index in [1.54, 1.807) is 0 Å². The highest BCUT2D eigenvalue weighted by molar-refractivity contribution is 6.07. The fourth-order valence-electron chi connectivity index (χ4n) is 2.75. The number of carbonyl (C=O) groups is 1. The Balaban J connectivity index is 2.24. The Bertz CT molecular complexity index is 819. The third kappa shape index (κ3) is 2.61. The summed E-state index contributed by atoms with van der Waals surface area (Å²) in [6, 6.07) is 14.0. The second-order valence-electron chi connectivity index (χ2n) is 5.73. The summed E-state index contributed by atoms with van der Waals surface area (Å²) in [5.74, 6) is -0.416. The van der Waals surface area contributed by atoms with Crippen molar-refractivity contribution in [1.29, 1.82) is 0 Å². The minimum atomic E-state index is -0.416. The highest BCUT2D eigenvalue weighted by Crippen LogP contribution is 2.29. The third-order valence-electron chi connectivity index (χ3n) is 3.73. The molecule has 0 saturated carbocycles. The molecule has 3 aromatic rings. The van der Waals surface area contributed by atoms with E-state index in [2.05, 4.69) is 16.0 Å². The number of benzene rings is 2. The van der Waals surface area contributed by atoms with Crippen LogP contribution in [-0.4, -0.2) is 29.9 Å². The average Bonchev–Trinajstić information content (AvgIpc) is 2.89. The van der Waals surface area contributed by atoms with E-state index in [0.717, 1.165) is 34.1 Å². The lowest BCUT2D eigenvalue weighted by Gasteiger charge is -2.10. The van der Waals surface area contributed by atoms with Crippen LogP contribution in [0.15, 0.2) is 48.7 Å². The molecule has 0 spiro atoms. The maximum Gasteiger partial charge on any atom is 0.250 e. The summed E-state index contributed by atoms with van der Waals surface area (Å²) >= 11 is 0. The molecule has 3 N–H and O–H groups in total. The van der Waals surface area contributed by atoms with Crippen LogP contribution in [0.2, 0.25) is 0 Å². The van der Waals surface area contributed by atoms with Crippen molar-refractivity contribution in [2.45, 2.75) is 6.54 Å². The molecule has 0 fully saturated rings. The zero-order valence-corrected chi connectivity index (χ0v) is 12.8. The third-order valence-corrected chi connectivity index (χ3v) is 3.73. The number of H-pyrrole nitrogens is 1. The van der Waals surface area contributed by atoms with Crippen molar-refractivity contribution < 1.29 is 4.79 Å². The molecule has 4 heteroatoms. The minimum absolute atomic E-state index is 0.416. The predicted octanol–water partition coefficient (Wildman–Crippen LogP) is 3.00. The molecule has 1 aromatic heterocycles. The Kier molecular flexibility index (Phi) is 3.69. The van der Waals surface area contributed by atoms with Crippen LogP contribution in [0.4, 0.5) is 0 Å². The van der Waals surface area contributed by atoms with Crippen LogP contribution in [-0.2, 0) is 6.54 Å². The van der Waals surface area contributed by atoms with Gasteiger partial charge in [0, 0.05) is 18.1 Å². The van der Waals surface area contributed by atoms with E-state index in [4.69, 9.17) is 5.73 Å². The van der Waals surface area contributed by atoms with E-state index >= 15 is 0 Å². The summed E-state index contributed by atoms with van der Waals surface area (Å²) < 4.78 is 0. The molecule has 0 aliphatic carbocycles. The molecule has 0 aliphatic rings. The Morgan fingerprint density at radius 1 is 1.14 bits per heavy atom. The largest absolute Gasteiger partial charge is 0.366 e. The van der Waals surface area contributed by atoms with Crippen LogP contribution in [0.25, 0.3) is 22.0 Å². The number of nitrogens with one attached hydrogen (secondary N) is 1. The van der Waals surface area contributed by atoms with Crippen LogP contribution in [0.5, 0.6) is 0 Å². The van der Waals surface area contributed by atoms with Crippen molar-refractivity contribution in [2.24, 2.45) is 5.73 Å². The van der Waals surface area contributed by atoms with Gasteiger partial charge in [-0.2, -0.15) is 0 Å². The molecule has 0 unspecified atom stereocenters. The first-order valence-electron chi connectivity index (χ1n) is 7.20. The molecule has 2 aromatic carbocycles. The number of primary amides is 1. The number of carbonyl (C=O) groups excluding carboxylic acids is 1. The minimum Gasteiger partial charge on any atom is -0.366 e. The number of nitrogens with two attached hydrogens (primary N) is 1. The smallest absolute Gasteiger partial charge is 0.250 e. The van der Waals surface area contributed by atoms with Gasteiger partial charge < -0.3 is 15.6 Å². The van der Waals surface area contributed by atoms with E-state index in [9.17, 15) is 4.79 Å². The van der Waals surface area contributed by atoms with Gasteiger partial charge in [-0.05, 0) is 42.9 Å². The summed E-state index contributed by atoms with van der Waals surface area (Å²) in [6.45, 7) is 0.802. The number of aromatic amines is 1. The van der Waals surface area contributed by atoms with Gasteiger partial charge in [0.25, 0.3) is 5.91 Å². The Hall–Kier alpha value is -2.59. The van der Waals surface area contributed by atoms with Gasteiger partial charge in [-0.15, -0.1) is 0 Å². The van der Waals surface area contributed by atoms with Crippen molar-refractivity contribution in [3.63, 3.8) is 0 Å². The van der Waals surface area contributed by atoms with Gasteiger partial charge in [0.1, 0.15) is 0 Å². The standard InChI is InChI=1S/C18H19N3O/c1-21(2)11-14-10-20-17-15(14)8-13(9-16(17)18(19)22)12-6-4-3-5-7-12/h3-10,20H,11H2,1-2H3,(H2,19,22). The van der Waals surface area contributed by atoms with E-state index in [1.807, 2.05) is 56.7 Å². The Morgan fingerprint density at radius 2 is 1.86 bits per heavy atom. The summed E-state index contributed by atoms with van der Waals surface area (Å²) in [4.78, 5) is 17.1. The second-order valence-corrected chi connectivity index (χ2v) is 5.73. The number of hydrogen-bond donors (Lipinski definition) is 2. The van der Waals surface area contributed by atoms with Crippen molar-refractivity contribution in [1.82, 2.24) is 9.88 Å². The molecular formula is C18H19N3O. The number of nitrogens with zero attached hydrogens (tertiary/aromatic N) is 1. The molecule has 112 valence electrons. The number of amides is 1. The van der Waals surface area contributed by atoms with Gasteiger partial charge in [-0.1, -0.05) is 30.3 Å². The zero-order valence-electron chi connectivity index (χ0n) is 12.8. The molecule has 4 nitrogen and oxygen atoms in total. The molecule has 0 atom stereocenters. The maximum absolute atomic E-state index is 11.8. The van der Waals surface area contributed by atoms with Crippen LogP contribution in [0, 0.1) is 0 Å². The van der Waals surface area contributed by atoms with E-state index < -0.39 is 5.91 Å². The molecule has 0 aliphatic heterocycles. The van der Waals surface area contributed by atoms with Crippen molar-refractivity contribution in [3.05, 3.63) is 59.8 Å². The summed E-state index contributed by atoms with van der Waals surface area (Å²) in [5.41, 5.74) is 10.1. The van der Waals surface area contributed by atoms with E-state index in [-0.39, 0.29) is 0 Å². The predicted molar refractivity (Wildman–Crippen MR) is 89.6 cm³/mol. The highest BCUT2D eigenvalue weighted by atomic mass is 16.1. The first-order chi connectivity index (χ1) is 10.6. The number of fused-ring (bicyclic) bond motifs is 1. The fourth-order valence-corrected chi connectivity index (χ4v) is 2.75. The molecule has 1 heterocycles. The lowest BCUT2D eigenvalue weighted by atomic mass is 9.98. The molecule has 1 amide bonds. The van der Waals surface area contributed by atoms with Crippen molar-refractivity contribution in [3.8, 4) is 11.1 Å². The molecule has 3 rings (SSSR count). The molecule has 0 saturated heterocycles. The SMILES string of the molecule is CN(C)Cc1c[nH]c2c(C(N)=O)cc(-c3ccccc3)cc12. The van der Waals surface area contributed by atoms with Crippen molar-refractivity contribution in [2.75, 3.05) is 14.1 Å². The fraction of sp³-hybridized carbons (Fsp3) is 0.167. The number of aromatic nitrogens is 1. The lowest BCUT2D eigenvalue weighted by molar-refractivity contribution is 0.100. The van der Waals surface area contributed by atoms with Gasteiger partial charge in [0.05, 0.1) is 11.1 Å². The quantitative estimate of drug-likeness (QED) is 0.776. The van der Waals surface area contributed by atoms with Gasteiger partial charge in [0.15, 0.2) is 0 Å². The van der Waals surface area contributed by atoms with Crippen LogP contribution >= 0.6 is 0 Å². The highest BCUT2D eigenvalue weighted by Gasteiger charge is 2.14. The summed E-state index contributed by atoms with van der Waals surface area (Å²) in [6.07, 6.45) is 1.95. The number of rotatable bonds is 4. The van der Waals surface area contributed by atoms with E-state index in [0.29, 0.717) is 5.56 Å².